The van der Waals surface area contributed by atoms with Crippen molar-refractivity contribution in [2.45, 2.75) is 30.4 Å². The summed E-state index contributed by atoms with van der Waals surface area (Å²) < 4.78 is 114. The van der Waals surface area contributed by atoms with Crippen molar-refractivity contribution in [1.29, 1.82) is 0 Å². The molecule has 0 spiro atoms. The summed E-state index contributed by atoms with van der Waals surface area (Å²) >= 11 is 0. The van der Waals surface area contributed by atoms with E-state index >= 15 is 0 Å². The molecule has 120 valence electrons. The minimum absolute atomic E-state index is 1.27. The van der Waals surface area contributed by atoms with Gasteiger partial charge >= 0.3 is 24.0 Å². The number of hydrogen-bond acceptors (Lipinski definition) is 2. The van der Waals surface area contributed by atoms with E-state index in [0.717, 1.165) is 0 Å². The van der Waals surface area contributed by atoms with Crippen LogP contribution in [-0.4, -0.2) is 54.7 Å². The minimum Gasteiger partial charge on any atom is -0.480 e. The van der Waals surface area contributed by atoms with E-state index in [-0.39, 0.29) is 0 Å². The molecule has 0 aliphatic carbocycles. The van der Waals surface area contributed by atoms with E-state index in [2.05, 4.69) is 4.74 Å². The van der Waals surface area contributed by atoms with E-state index in [1.54, 1.807) is 0 Å². The Labute approximate surface area is 105 Å². The summed E-state index contributed by atoms with van der Waals surface area (Å²) in [6.45, 7) is -2.99. The van der Waals surface area contributed by atoms with Gasteiger partial charge in [0.1, 0.15) is 6.61 Å². The molecule has 1 N–H and O–H groups in total. The Morgan fingerprint density at radius 2 is 1.50 bits per heavy atom. The van der Waals surface area contributed by atoms with Crippen molar-refractivity contribution in [2.75, 3.05) is 13.2 Å². The number of hydrogen-bond donors (Lipinski definition) is 1. The molecular formula is C8H7F9O3. The maximum Gasteiger partial charge on any atom is 0.459 e. The van der Waals surface area contributed by atoms with E-state index in [1.165, 1.54) is 0 Å². The summed E-state index contributed by atoms with van der Waals surface area (Å²) in [5, 5.41) is 8.00. The van der Waals surface area contributed by atoms with Gasteiger partial charge < -0.3 is 9.84 Å². The Hall–Kier alpha value is -1.20. The number of aliphatic carboxylic acids is 1. The molecule has 12 heteroatoms. The van der Waals surface area contributed by atoms with Crippen LogP contribution >= 0.6 is 0 Å². The van der Waals surface area contributed by atoms with E-state index in [0.29, 0.717) is 0 Å². The summed E-state index contributed by atoms with van der Waals surface area (Å²) in [7, 11) is 0. The fraction of sp³-hybridized carbons (Fsp3) is 0.875. The van der Waals surface area contributed by atoms with E-state index in [4.69, 9.17) is 5.11 Å². The SMILES string of the molecule is O=C(O)COCC(F)C(F)C(F)(F)C(F)(F)C(F)(F)F. The first-order valence-electron chi connectivity index (χ1n) is 4.65. The third kappa shape index (κ3) is 3.90. The molecule has 0 bridgehead atoms. The van der Waals surface area contributed by atoms with Gasteiger partial charge in [-0.05, 0) is 0 Å². The van der Waals surface area contributed by atoms with Crippen molar-refractivity contribution in [3.8, 4) is 0 Å². The Bertz CT molecular complexity index is 341. The number of carboxylic acid groups (broad SMARTS) is 1. The van der Waals surface area contributed by atoms with Crippen molar-refractivity contribution >= 4 is 5.97 Å². The van der Waals surface area contributed by atoms with Crippen molar-refractivity contribution in [3.05, 3.63) is 0 Å². The molecule has 0 aromatic rings. The molecule has 0 saturated carbocycles. The molecule has 2 unspecified atom stereocenters. The Kier molecular flexibility index (Phi) is 5.69. The first-order valence-corrected chi connectivity index (χ1v) is 4.65. The molecule has 0 aromatic heterocycles. The Morgan fingerprint density at radius 3 is 1.85 bits per heavy atom. The number of carboxylic acids is 1. The van der Waals surface area contributed by atoms with E-state index in [9.17, 15) is 44.3 Å². The summed E-state index contributed by atoms with van der Waals surface area (Å²) in [6, 6.07) is 0. The predicted molar refractivity (Wildman–Crippen MR) is 44.2 cm³/mol. The van der Waals surface area contributed by atoms with Gasteiger partial charge in [0.25, 0.3) is 0 Å². The molecular weight excluding hydrogens is 315 g/mol. The van der Waals surface area contributed by atoms with Gasteiger partial charge in [-0.15, -0.1) is 0 Å². The quantitative estimate of drug-likeness (QED) is 0.733. The van der Waals surface area contributed by atoms with Gasteiger partial charge in [-0.3, -0.25) is 0 Å². The van der Waals surface area contributed by atoms with Crippen molar-refractivity contribution in [2.24, 2.45) is 0 Å². The normalized spacial score (nSPS) is 16.9. The molecule has 20 heavy (non-hydrogen) atoms. The number of carbonyl (C=O) groups is 1. The number of halogens is 9. The number of rotatable bonds is 7. The molecule has 0 fully saturated rings. The average molecular weight is 322 g/mol. The van der Waals surface area contributed by atoms with Gasteiger partial charge in [0.05, 0.1) is 6.61 Å². The Balaban J connectivity index is 4.88. The van der Waals surface area contributed by atoms with Gasteiger partial charge in [-0.2, -0.15) is 30.7 Å². The molecule has 0 aromatic carbocycles. The third-order valence-electron chi connectivity index (χ3n) is 1.94. The van der Waals surface area contributed by atoms with Gasteiger partial charge in [-0.1, -0.05) is 0 Å². The topological polar surface area (TPSA) is 46.5 Å². The molecule has 0 amide bonds. The number of alkyl halides is 9. The molecule has 2 atom stereocenters. The molecule has 0 heterocycles. The summed E-state index contributed by atoms with van der Waals surface area (Å²) in [4.78, 5) is 9.88. The van der Waals surface area contributed by atoms with Crippen LogP contribution in [0.4, 0.5) is 39.5 Å². The highest BCUT2D eigenvalue weighted by molar-refractivity contribution is 5.67. The van der Waals surface area contributed by atoms with E-state index in [1.807, 2.05) is 0 Å². The molecule has 0 aliphatic rings. The van der Waals surface area contributed by atoms with Crippen LogP contribution in [0.2, 0.25) is 0 Å². The second-order valence-electron chi connectivity index (χ2n) is 3.52. The second-order valence-corrected chi connectivity index (χ2v) is 3.52. The smallest absolute Gasteiger partial charge is 0.459 e. The average Bonchev–Trinajstić information content (AvgIpc) is 2.25. The van der Waals surface area contributed by atoms with Crippen LogP contribution in [0.1, 0.15) is 0 Å². The zero-order chi connectivity index (χ0) is 16.4. The monoisotopic (exact) mass is 322 g/mol. The fourth-order valence-corrected chi connectivity index (χ4v) is 0.933. The lowest BCUT2D eigenvalue weighted by Gasteiger charge is -2.31. The third-order valence-corrected chi connectivity index (χ3v) is 1.94. The predicted octanol–water partition coefficient (Wildman–Crippen LogP) is 2.60. The molecule has 0 saturated heterocycles. The van der Waals surface area contributed by atoms with Crippen LogP contribution in [0, 0.1) is 0 Å². The first-order chi connectivity index (χ1) is 8.75. The zero-order valence-electron chi connectivity index (χ0n) is 9.23. The molecule has 3 nitrogen and oxygen atoms in total. The maximum absolute atomic E-state index is 12.8. The van der Waals surface area contributed by atoms with Crippen LogP contribution in [0.15, 0.2) is 0 Å². The standard InChI is InChI=1S/C8H7F9O3/c9-3(1-20-2-4(18)19)5(10)6(11,12)7(13,14)8(15,16)17/h3,5H,1-2H2,(H,18,19). The van der Waals surface area contributed by atoms with Crippen LogP contribution in [-0.2, 0) is 9.53 Å². The van der Waals surface area contributed by atoms with Gasteiger partial charge in [0, 0.05) is 0 Å². The van der Waals surface area contributed by atoms with Crippen LogP contribution in [0.25, 0.3) is 0 Å². The molecule has 0 aliphatic heterocycles. The van der Waals surface area contributed by atoms with Crippen LogP contribution < -0.4 is 0 Å². The van der Waals surface area contributed by atoms with Crippen LogP contribution in [0.5, 0.6) is 0 Å². The van der Waals surface area contributed by atoms with E-state index < -0.39 is 49.5 Å². The summed E-state index contributed by atoms with van der Waals surface area (Å²) in [5.41, 5.74) is 0. The van der Waals surface area contributed by atoms with Gasteiger partial charge in [0.2, 0.25) is 6.17 Å². The lowest BCUT2D eigenvalue weighted by molar-refractivity contribution is -0.369. The van der Waals surface area contributed by atoms with Gasteiger partial charge in [0.15, 0.2) is 6.17 Å². The highest BCUT2D eigenvalue weighted by Crippen LogP contribution is 2.49. The lowest BCUT2D eigenvalue weighted by atomic mass is 10.0. The summed E-state index contributed by atoms with van der Waals surface area (Å²) in [6.07, 6.45) is -14.9. The largest absolute Gasteiger partial charge is 0.480 e. The van der Waals surface area contributed by atoms with Crippen molar-refractivity contribution < 1.29 is 54.2 Å². The zero-order valence-corrected chi connectivity index (χ0v) is 9.23. The summed E-state index contributed by atoms with van der Waals surface area (Å²) in [5.74, 6) is -14.9. The van der Waals surface area contributed by atoms with Crippen molar-refractivity contribution in [3.63, 3.8) is 0 Å². The van der Waals surface area contributed by atoms with Crippen LogP contribution in [0.3, 0.4) is 0 Å². The maximum atomic E-state index is 12.8. The number of ether oxygens (including phenoxy) is 1. The Morgan fingerprint density at radius 1 is 1.05 bits per heavy atom. The van der Waals surface area contributed by atoms with Gasteiger partial charge in [-0.25, -0.2) is 13.6 Å². The minimum atomic E-state index is -6.80. The highest BCUT2D eigenvalue weighted by atomic mass is 19.4. The molecule has 0 rings (SSSR count). The fourth-order valence-electron chi connectivity index (χ4n) is 0.933. The van der Waals surface area contributed by atoms with Crippen molar-refractivity contribution in [1.82, 2.24) is 0 Å². The molecule has 0 radical (unpaired) electrons. The lowest BCUT2D eigenvalue weighted by Crippen LogP contribution is -2.59. The first kappa shape index (κ1) is 18.8. The highest BCUT2D eigenvalue weighted by Gasteiger charge is 2.76. The second kappa shape index (κ2) is 6.06.